The molecule has 1 heterocycles. The van der Waals surface area contributed by atoms with Crippen LogP contribution in [0.2, 0.25) is 0 Å². The van der Waals surface area contributed by atoms with Crippen LogP contribution in [0, 0.1) is 5.92 Å². The number of hydrogen-bond donors (Lipinski definition) is 1. The van der Waals surface area contributed by atoms with E-state index in [4.69, 9.17) is 4.74 Å². The Morgan fingerprint density at radius 3 is 1.98 bits per heavy atom. The Bertz CT molecular complexity index is 1560. The summed E-state index contributed by atoms with van der Waals surface area (Å²) in [6.07, 6.45) is -4.87. The number of amides is 3. The summed E-state index contributed by atoms with van der Waals surface area (Å²) in [6, 6.07) is 20.6. The fourth-order valence-corrected chi connectivity index (χ4v) is 5.35. The number of halogens is 3. The summed E-state index contributed by atoms with van der Waals surface area (Å²) in [5.41, 5.74) is -2.39. The number of carbonyl (C=O) groups excluding carboxylic acids is 4. The zero-order chi connectivity index (χ0) is 32.2. The average molecular weight is 608 g/mol. The van der Waals surface area contributed by atoms with Gasteiger partial charge in [0.1, 0.15) is 11.8 Å². The van der Waals surface area contributed by atoms with E-state index in [1.807, 2.05) is 0 Å². The molecule has 3 amide bonds. The van der Waals surface area contributed by atoms with E-state index in [0.717, 1.165) is 11.8 Å². The van der Waals surface area contributed by atoms with E-state index in [0.29, 0.717) is 5.75 Å². The summed E-state index contributed by atoms with van der Waals surface area (Å²) >= 11 is 0. The number of ether oxygens (including phenoxy) is 1. The van der Waals surface area contributed by atoms with E-state index in [1.54, 1.807) is 62.4 Å². The average Bonchev–Trinajstić information content (AvgIpc) is 2.99. The molecule has 1 aliphatic heterocycles. The molecule has 0 saturated heterocycles. The zero-order valence-electron chi connectivity index (χ0n) is 24.6. The van der Waals surface area contributed by atoms with Gasteiger partial charge in [0.05, 0.1) is 12.8 Å². The molecule has 0 aromatic heterocycles. The highest BCUT2D eigenvalue weighted by atomic mass is 19.4. The molecule has 0 fully saturated rings. The maximum Gasteiger partial charge on any atom is 0.454 e. The van der Waals surface area contributed by atoms with Crippen molar-refractivity contribution >= 4 is 29.2 Å². The van der Waals surface area contributed by atoms with Crippen molar-refractivity contribution in [2.75, 3.05) is 7.11 Å². The van der Waals surface area contributed by atoms with Crippen LogP contribution in [0.3, 0.4) is 0 Å². The van der Waals surface area contributed by atoms with Gasteiger partial charge in [0, 0.05) is 25.1 Å². The van der Waals surface area contributed by atoms with Crippen molar-refractivity contribution in [3.05, 3.63) is 108 Å². The second-order valence-corrected chi connectivity index (χ2v) is 10.7. The van der Waals surface area contributed by atoms with Crippen molar-refractivity contribution < 1.29 is 37.1 Å². The molecule has 8 nitrogen and oxygen atoms in total. The second-order valence-electron chi connectivity index (χ2n) is 10.7. The van der Waals surface area contributed by atoms with Crippen molar-refractivity contribution in [1.82, 2.24) is 15.1 Å². The number of carbonyl (C=O) groups is 4. The van der Waals surface area contributed by atoms with Crippen LogP contribution in [0.15, 0.2) is 91.1 Å². The van der Waals surface area contributed by atoms with Gasteiger partial charge in [-0.15, -0.1) is 0 Å². The molecule has 0 saturated carbocycles. The maximum absolute atomic E-state index is 14.6. The first-order valence-electron chi connectivity index (χ1n) is 13.8. The Labute approximate surface area is 253 Å². The molecule has 3 aromatic rings. The summed E-state index contributed by atoms with van der Waals surface area (Å²) < 4.78 is 48.7. The van der Waals surface area contributed by atoms with Gasteiger partial charge < -0.3 is 15.0 Å². The molecule has 1 N–H and O–H groups in total. The number of hydrogen-bond acceptors (Lipinski definition) is 5. The lowest BCUT2D eigenvalue weighted by Gasteiger charge is -2.49. The smallest absolute Gasteiger partial charge is 0.454 e. The molecule has 0 radical (unpaired) electrons. The first-order chi connectivity index (χ1) is 20.8. The predicted molar refractivity (Wildman–Crippen MR) is 157 cm³/mol. The Hall–Kier alpha value is -4.93. The molecule has 2 unspecified atom stereocenters. The van der Waals surface area contributed by atoms with Gasteiger partial charge in [-0.3, -0.25) is 24.1 Å². The second kappa shape index (κ2) is 12.7. The van der Waals surface area contributed by atoms with Crippen molar-refractivity contribution in [3.8, 4) is 5.75 Å². The molecule has 44 heavy (non-hydrogen) atoms. The van der Waals surface area contributed by atoms with E-state index in [-0.39, 0.29) is 22.4 Å². The minimum Gasteiger partial charge on any atom is -0.497 e. The lowest BCUT2D eigenvalue weighted by Crippen LogP contribution is -2.73. The minimum absolute atomic E-state index is 0.170. The molecule has 1 aliphatic rings. The highest BCUT2D eigenvalue weighted by molar-refractivity contribution is 6.07. The SMILES string of the molecule is COc1ccc(C(=O)N2C=C(c3ccccc3)N(C(Cc3ccccc3)(NC(C)=O)C(=O)C(F)(F)F)C(=O)C2C(C)C)cc1. The lowest BCUT2D eigenvalue weighted by molar-refractivity contribution is -0.187. The van der Waals surface area contributed by atoms with E-state index in [1.165, 1.54) is 54.6 Å². The summed E-state index contributed by atoms with van der Waals surface area (Å²) in [5.74, 6) is -4.98. The molecule has 0 bridgehead atoms. The molecule has 0 spiro atoms. The molecule has 3 aromatic carbocycles. The van der Waals surface area contributed by atoms with Crippen LogP contribution in [-0.2, 0) is 20.8 Å². The highest BCUT2D eigenvalue weighted by Crippen LogP contribution is 2.40. The Morgan fingerprint density at radius 2 is 1.48 bits per heavy atom. The lowest BCUT2D eigenvalue weighted by atomic mass is 9.87. The zero-order valence-corrected chi connectivity index (χ0v) is 24.6. The van der Waals surface area contributed by atoms with E-state index in [9.17, 15) is 32.3 Å². The van der Waals surface area contributed by atoms with Crippen LogP contribution in [-0.4, -0.2) is 58.3 Å². The number of nitrogens with one attached hydrogen (secondary N) is 1. The largest absolute Gasteiger partial charge is 0.497 e. The van der Waals surface area contributed by atoms with Crippen molar-refractivity contribution in [2.24, 2.45) is 5.92 Å². The van der Waals surface area contributed by atoms with Crippen LogP contribution in [0.25, 0.3) is 5.70 Å². The number of benzene rings is 3. The quantitative estimate of drug-likeness (QED) is 0.361. The molecular formula is C33H32F3N3O5. The molecule has 4 rings (SSSR count). The van der Waals surface area contributed by atoms with Crippen molar-refractivity contribution in [1.29, 1.82) is 0 Å². The van der Waals surface area contributed by atoms with Gasteiger partial charge in [-0.25, -0.2) is 0 Å². The van der Waals surface area contributed by atoms with Gasteiger partial charge in [0.2, 0.25) is 5.91 Å². The van der Waals surface area contributed by atoms with Crippen LogP contribution in [0.5, 0.6) is 5.75 Å². The van der Waals surface area contributed by atoms with Gasteiger partial charge in [0.15, 0.2) is 5.66 Å². The summed E-state index contributed by atoms with van der Waals surface area (Å²) in [7, 11) is 1.47. The van der Waals surface area contributed by atoms with Gasteiger partial charge in [0.25, 0.3) is 17.6 Å². The number of methoxy groups -OCH3 is 1. The fraction of sp³-hybridized carbons (Fsp3) is 0.273. The van der Waals surface area contributed by atoms with Gasteiger partial charge in [-0.2, -0.15) is 13.2 Å². The van der Waals surface area contributed by atoms with Crippen LogP contribution < -0.4 is 10.1 Å². The topological polar surface area (TPSA) is 96.0 Å². The van der Waals surface area contributed by atoms with Crippen LogP contribution >= 0.6 is 0 Å². The summed E-state index contributed by atoms with van der Waals surface area (Å²) in [4.78, 5) is 56.7. The fourth-order valence-electron chi connectivity index (χ4n) is 5.35. The highest BCUT2D eigenvalue weighted by Gasteiger charge is 2.61. The number of rotatable bonds is 9. The third-order valence-corrected chi connectivity index (χ3v) is 7.25. The van der Waals surface area contributed by atoms with E-state index >= 15 is 0 Å². The summed E-state index contributed by atoms with van der Waals surface area (Å²) in [6.45, 7) is 4.25. The number of ketones is 1. The molecule has 0 aliphatic carbocycles. The Balaban J connectivity index is 2.04. The third-order valence-electron chi connectivity index (χ3n) is 7.25. The first kappa shape index (κ1) is 32.0. The molecule has 11 heteroatoms. The Kier molecular flexibility index (Phi) is 9.27. The van der Waals surface area contributed by atoms with Gasteiger partial charge >= 0.3 is 6.18 Å². The van der Waals surface area contributed by atoms with Gasteiger partial charge in [-0.05, 0) is 41.3 Å². The molecule has 2 atom stereocenters. The third kappa shape index (κ3) is 6.36. The normalized spacial score (nSPS) is 16.7. The van der Waals surface area contributed by atoms with Crippen LogP contribution in [0.4, 0.5) is 13.2 Å². The number of alkyl halides is 3. The first-order valence-corrected chi connectivity index (χ1v) is 13.8. The molecule has 230 valence electrons. The van der Waals surface area contributed by atoms with E-state index < -0.39 is 53.7 Å². The summed E-state index contributed by atoms with van der Waals surface area (Å²) in [5, 5.41) is 2.23. The Morgan fingerprint density at radius 1 is 0.909 bits per heavy atom. The monoisotopic (exact) mass is 607 g/mol. The maximum atomic E-state index is 14.6. The van der Waals surface area contributed by atoms with Gasteiger partial charge in [-0.1, -0.05) is 74.5 Å². The van der Waals surface area contributed by atoms with Crippen molar-refractivity contribution in [3.63, 3.8) is 0 Å². The number of Topliss-reactive ketones (excluding diaryl/α,β-unsaturated/α-hetero) is 1. The van der Waals surface area contributed by atoms with Crippen molar-refractivity contribution in [2.45, 2.75) is 45.1 Å². The number of nitrogens with zero attached hydrogens (tertiary/aromatic N) is 2. The predicted octanol–water partition coefficient (Wildman–Crippen LogP) is 5.21. The van der Waals surface area contributed by atoms with E-state index in [2.05, 4.69) is 5.32 Å². The standard InChI is InChI=1S/C33H32F3N3O5/c1-21(2)28-30(42)39(32(37-22(3)40,31(43)33(34,35)36)19-23-11-7-5-8-12-23)27(24-13-9-6-10-14-24)20-38(28)29(41)25-15-17-26(44-4)18-16-25/h5-18,20-21,28H,19H2,1-4H3,(H,37,40). The minimum atomic E-state index is -5.46. The molecular weight excluding hydrogens is 575 g/mol. The van der Waals surface area contributed by atoms with Crippen LogP contribution in [0.1, 0.15) is 42.3 Å².